The molecule has 224 valence electrons. The molecule has 0 spiro atoms. The Kier molecular flexibility index (Phi) is 18.7. The molecule has 0 aromatic heterocycles. The highest BCUT2D eigenvalue weighted by molar-refractivity contribution is 5.72. The number of rotatable bonds is 22. The molecule has 0 saturated heterocycles. The SMILES string of the molecule is COC(=O)NCCOCCOCCOCCOCCOCCOCCC(=O)Oc1c(F)c(F)c(F)c(F)c1F. The van der Waals surface area contributed by atoms with E-state index in [2.05, 4.69) is 14.8 Å². The molecule has 1 rings (SSSR count). The Balaban J connectivity index is 1.87. The van der Waals surface area contributed by atoms with Crippen LogP contribution < -0.4 is 10.1 Å². The van der Waals surface area contributed by atoms with Crippen LogP contribution in [0, 0.1) is 29.1 Å². The molecule has 1 aromatic rings. The van der Waals surface area contributed by atoms with Crippen LogP contribution in [0.1, 0.15) is 6.42 Å². The van der Waals surface area contributed by atoms with Crippen molar-refractivity contribution in [3.05, 3.63) is 29.1 Å². The first-order valence-corrected chi connectivity index (χ1v) is 11.8. The van der Waals surface area contributed by atoms with Crippen LogP contribution >= 0.6 is 0 Å². The number of hydrogen-bond donors (Lipinski definition) is 1. The predicted octanol–water partition coefficient (Wildman–Crippen LogP) is 2.13. The van der Waals surface area contributed by atoms with Crippen LogP contribution in [-0.4, -0.2) is 105 Å². The number of carbonyl (C=O) groups excluding carboxylic acids is 2. The summed E-state index contributed by atoms with van der Waals surface area (Å²) in [5.74, 6) is -14.2. The highest BCUT2D eigenvalue weighted by Gasteiger charge is 2.28. The molecule has 0 unspecified atom stereocenters. The molecule has 0 fully saturated rings. The normalized spacial score (nSPS) is 11.0. The molecular formula is C23H32F5NO10. The van der Waals surface area contributed by atoms with Crippen LogP contribution in [0.2, 0.25) is 0 Å². The highest BCUT2D eigenvalue weighted by atomic mass is 19.2. The maximum Gasteiger partial charge on any atom is 0.406 e. The Morgan fingerprint density at radius 2 is 0.923 bits per heavy atom. The van der Waals surface area contributed by atoms with Crippen molar-refractivity contribution < 1.29 is 69.4 Å². The standard InChI is InChI=1S/C23H32F5NO10/c1-32-23(31)29-3-5-34-7-9-36-11-13-38-15-14-37-12-10-35-8-6-33-4-2-16(30)39-22-20(27)18(25)17(24)19(26)21(22)28/h2-15H2,1H3,(H,29,31). The third-order valence-electron chi connectivity index (χ3n) is 4.40. The van der Waals surface area contributed by atoms with E-state index >= 15 is 0 Å². The number of esters is 1. The Morgan fingerprint density at radius 1 is 0.564 bits per heavy atom. The minimum Gasteiger partial charge on any atom is -0.453 e. The second kappa shape index (κ2) is 21.2. The average Bonchev–Trinajstić information content (AvgIpc) is 2.93. The molecule has 11 nitrogen and oxygen atoms in total. The van der Waals surface area contributed by atoms with Gasteiger partial charge < -0.3 is 43.2 Å². The first-order valence-electron chi connectivity index (χ1n) is 11.8. The van der Waals surface area contributed by atoms with Gasteiger partial charge in [-0.15, -0.1) is 0 Å². The maximum absolute atomic E-state index is 13.5. The average molecular weight is 577 g/mol. The number of benzene rings is 1. The maximum atomic E-state index is 13.5. The molecule has 39 heavy (non-hydrogen) atoms. The Morgan fingerprint density at radius 3 is 1.33 bits per heavy atom. The second-order valence-corrected chi connectivity index (χ2v) is 7.22. The molecule has 1 aromatic carbocycles. The fraction of sp³-hybridized carbons (Fsp3) is 0.652. The number of alkyl carbamates (subject to hydrolysis) is 1. The number of amides is 1. The molecule has 1 N–H and O–H groups in total. The van der Waals surface area contributed by atoms with Crippen LogP contribution in [0.3, 0.4) is 0 Å². The first-order chi connectivity index (χ1) is 18.8. The molecule has 0 heterocycles. The van der Waals surface area contributed by atoms with E-state index in [0.29, 0.717) is 59.4 Å². The summed E-state index contributed by atoms with van der Waals surface area (Å²) in [6, 6.07) is 0. The van der Waals surface area contributed by atoms with E-state index in [1.54, 1.807) is 0 Å². The van der Waals surface area contributed by atoms with E-state index in [-0.39, 0.29) is 26.4 Å². The molecule has 1 amide bonds. The lowest BCUT2D eigenvalue weighted by Crippen LogP contribution is -2.27. The minimum absolute atomic E-state index is 0.0777. The van der Waals surface area contributed by atoms with Crippen LogP contribution in [0.25, 0.3) is 0 Å². The molecule has 0 atom stereocenters. The van der Waals surface area contributed by atoms with E-state index in [4.69, 9.17) is 28.4 Å². The van der Waals surface area contributed by atoms with E-state index in [0.717, 1.165) is 0 Å². The fourth-order valence-corrected chi connectivity index (χ4v) is 2.49. The lowest BCUT2D eigenvalue weighted by molar-refractivity contribution is -0.136. The van der Waals surface area contributed by atoms with Gasteiger partial charge in [-0.3, -0.25) is 4.79 Å². The Bertz CT molecular complexity index is 836. The highest BCUT2D eigenvalue weighted by Crippen LogP contribution is 2.29. The van der Waals surface area contributed by atoms with Gasteiger partial charge in [-0.2, -0.15) is 8.78 Å². The van der Waals surface area contributed by atoms with Crippen molar-refractivity contribution in [3.8, 4) is 5.75 Å². The monoisotopic (exact) mass is 577 g/mol. The van der Waals surface area contributed by atoms with Crippen molar-refractivity contribution in [1.29, 1.82) is 0 Å². The van der Waals surface area contributed by atoms with Crippen molar-refractivity contribution in [3.63, 3.8) is 0 Å². The van der Waals surface area contributed by atoms with E-state index < -0.39 is 53.3 Å². The van der Waals surface area contributed by atoms with Gasteiger partial charge in [0.05, 0.1) is 92.8 Å². The zero-order chi connectivity index (χ0) is 28.9. The molecule has 0 bridgehead atoms. The third kappa shape index (κ3) is 14.9. The van der Waals surface area contributed by atoms with Crippen molar-refractivity contribution in [2.45, 2.75) is 6.42 Å². The summed E-state index contributed by atoms with van der Waals surface area (Å²) in [6.07, 6.45) is -1.00. The summed E-state index contributed by atoms with van der Waals surface area (Å²) < 4.78 is 106. The smallest absolute Gasteiger partial charge is 0.406 e. The molecule has 16 heteroatoms. The fourth-order valence-electron chi connectivity index (χ4n) is 2.49. The van der Waals surface area contributed by atoms with Crippen LogP contribution in [0.4, 0.5) is 26.7 Å². The molecule has 0 saturated carbocycles. The van der Waals surface area contributed by atoms with Crippen molar-refractivity contribution in [2.24, 2.45) is 0 Å². The number of halogens is 5. The van der Waals surface area contributed by atoms with Crippen molar-refractivity contribution >= 4 is 12.1 Å². The zero-order valence-electron chi connectivity index (χ0n) is 21.4. The van der Waals surface area contributed by atoms with Gasteiger partial charge in [0, 0.05) is 6.54 Å². The van der Waals surface area contributed by atoms with Crippen molar-refractivity contribution in [1.82, 2.24) is 5.32 Å². The van der Waals surface area contributed by atoms with Gasteiger partial charge in [0.25, 0.3) is 0 Å². The zero-order valence-corrected chi connectivity index (χ0v) is 21.4. The van der Waals surface area contributed by atoms with Gasteiger partial charge in [-0.05, 0) is 0 Å². The number of methoxy groups -OCH3 is 1. The van der Waals surface area contributed by atoms with Crippen LogP contribution in [0.5, 0.6) is 5.75 Å². The lowest BCUT2D eigenvalue weighted by Gasteiger charge is -2.09. The van der Waals surface area contributed by atoms with Crippen LogP contribution in [-0.2, 0) is 38.0 Å². The van der Waals surface area contributed by atoms with Gasteiger partial charge in [0.15, 0.2) is 0 Å². The molecular weight excluding hydrogens is 545 g/mol. The summed E-state index contributed by atoms with van der Waals surface area (Å²) >= 11 is 0. The number of ether oxygens (including phenoxy) is 8. The number of nitrogens with one attached hydrogen (secondary N) is 1. The van der Waals surface area contributed by atoms with Crippen molar-refractivity contribution in [2.75, 3.05) is 92.9 Å². The topological polar surface area (TPSA) is 120 Å². The summed E-state index contributed by atoms with van der Waals surface area (Å²) in [7, 11) is 1.28. The van der Waals surface area contributed by atoms with Gasteiger partial charge in [0.2, 0.25) is 34.8 Å². The van der Waals surface area contributed by atoms with Gasteiger partial charge in [0.1, 0.15) is 0 Å². The van der Waals surface area contributed by atoms with Crippen LogP contribution in [0.15, 0.2) is 0 Å². The lowest BCUT2D eigenvalue weighted by atomic mass is 10.2. The number of carbonyl (C=O) groups is 2. The second-order valence-electron chi connectivity index (χ2n) is 7.22. The molecule has 0 aliphatic carbocycles. The van der Waals surface area contributed by atoms with Gasteiger partial charge in [-0.25, -0.2) is 18.0 Å². The first kappa shape index (κ1) is 34.4. The summed E-state index contributed by atoms with van der Waals surface area (Å²) in [6.45, 7) is 3.54. The van der Waals surface area contributed by atoms with Gasteiger partial charge >= 0.3 is 12.1 Å². The van der Waals surface area contributed by atoms with E-state index in [9.17, 15) is 31.5 Å². The molecule has 0 aliphatic heterocycles. The summed E-state index contributed by atoms with van der Waals surface area (Å²) in [5, 5.41) is 2.48. The largest absolute Gasteiger partial charge is 0.453 e. The van der Waals surface area contributed by atoms with Gasteiger partial charge in [-0.1, -0.05) is 0 Å². The third-order valence-corrected chi connectivity index (χ3v) is 4.40. The Hall–Kier alpha value is -2.63. The molecule has 0 radical (unpaired) electrons. The summed E-state index contributed by atoms with van der Waals surface area (Å²) in [4.78, 5) is 22.4. The Labute approximate surface area is 221 Å². The summed E-state index contributed by atoms with van der Waals surface area (Å²) in [5.41, 5.74) is 0. The van der Waals surface area contributed by atoms with E-state index in [1.807, 2.05) is 0 Å². The van der Waals surface area contributed by atoms with E-state index in [1.165, 1.54) is 7.11 Å². The molecule has 0 aliphatic rings. The quantitative estimate of drug-likeness (QED) is 0.0548. The predicted molar refractivity (Wildman–Crippen MR) is 122 cm³/mol. The number of hydrogen-bond acceptors (Lipinski definition) is 10. The minimum atomic E-state index is -2.35.